The van der Waals surface area contributed by atoms with Crippen molar-refractivity contribution in [2.45, 2.75) is 31.4 Å². The topological polar surface area (TPSA) is 76.2 Å². The molecule has 3 amide bonds. The zero-order valence-electron chi connectivity index (χ0n) is 17.1. The van der Waals surface area contributed by atoms with Crippen LogP contribution in [0.5, 0.6) is 5.75 Å². The number of nitrogens with zero attached hydrogens (tertiary/aromatic N) is 2. The van der Waals surface area contributed by atoms with Crippen LogP contribution in [0.3, 0.4) is 0 Å². The largest absolute Gasteiger partial charge is 0.497 e. The highest BCUT2D eigenvalue weighted by Crippen LogP contribution is 2.29. The van der Waals surface area contributed by atoms with Crippen molar-refractivity contribution in [2.75, 3.05) is 25.2 Å². The van der Waals surface area contributed by atoms with Crippen molar-refractivity contribution in [3.8, 4) is 5.75 Å². The van der Waals surface area contributed by atoms with E-state index < -0.39 is 11.9 Å². The van der Waals surface area contributed by atoms with Crippen LogP contribution in [0.15, 0.2) is 53.0 Å². The quantitative estimate of drug-likeness (QED) is 0.584. The molecule has 2 heterocycles. The van der Waals surface area contributed by atoms with Crippen LogP contribution in [0, 0.1) is 0 Å². The molecule has 2 unspecified atom stereocenters. The van der Waals surface area contributed by atoms with Gasteiger partial charge < -0.3 is 14.4 Å². The van der Waals surface area contributed by atoms with E-state index in [0.717, 1.165) is 17.3 Å². The van der Waals surface area contributed by atoms with Crippen molar-refractivity contribution in [2.24, 2.45) is 0 Å². The molecule has 0 aromatic heterocycles. The number of hydrogen-bond acceptors (Lipinski definition) is 5. The minimum Gasteiger partial charge on any atom is -0.497 e. The van der Waals surface area contributed by atoms with Crippen LogP contribution in [0.25, 0.3) is 0 Å². The number of benzene rings is 2. The van der Waals surface area contributed by atoms with Gasteiger partial charge in [-0.1, -0.05) is 15.9 Å². The SMILES string of the molecule is COc1ccc(C(=O)N(CC2CCCO2)C2CC(=O)N(c3ccc(Br)cc3)C2=O)cc1. The van der Waals surface area contributed by atoms with E-state index in [9.17, 15) is 14.4 Å². The van der Waals surface area contributed by atoms with E-state index in [4.69, 9.17) is 9.47 Å². The number of imide groups is 1. The summed E-state index contributed by atoms with van der Waals surface area (Å²) in [4.78, 5) is 42.1. The molecule has 0 N–H and O–H groups in total. The van der Waals surface area contributed by atoms with Crippen molar-refractivity contribution >= 4 is 39.3 Å². The molecule has 2 aliphatic heterocycles. The lowest BCUT2D eigenvalue weighted by molar-refractivity contribution is -0.122. The average molecular weight is 487 g/mol. The number of anilines is 1. The van der Waals surface area contributed by atoms with Gasteiger partial charge in [0, 0.05) is 23.2 Å². The highest BCUT2D eigenvalue weighted by atomic mass is 79.9. The fourth-order valence-electron chi connectivity index (χ4n) is 3.98. The van der Waals surface area contributed by atoms with Crippen LogP contribution >= 0.6 is 15.9 Å². The summed E-state index contributed by atoms with van der Waals surface area (Å²) in [5, 5.41) is 0. The normalized spacial score (nSPS) is 20.9. The first-order valence-corrected chi connectivity index (χ1v) is 11.0. The molecule has 2 aromatic carbocycles. The Hall–Kier alpha value is -2.71. The first-order valence-electron chi connectivity index (χ1n) is 10.2. The summed E-state index contributed by atoms with van der Waals surface area (Å²) in [7, 11) is 1.56. The van der Waals surface area contributed by atoms with Crippen molar-refractivity contribution in [3.05, 3.63) is 58.6 Å². The highest BCUT2D eigenvalue weighted by molar-refractivity contribution is 9.10. The van der Waals surface area contributed by atoms with E-state index >= 15 is 0 Å². The molecule has 2 atom stereocenters. The lowest BCUT2D eigenvalue weighted by Crippen LogP contribution is -2.48. The minimum atomic E-state index is -0.866. The Morgan fingerprint density at radius 1 is 1.16 bits per heavy atom. The third kappa shape index (κ3) is 4.50. The standard InChI is InChI=1S/C23H23BrN2O5/c1-30-18-10-4-15(5-11-18)22(28)25(14-19-3-2-12-31-19)20-13-21(27)26(23(20)29)17-8-6-16(24)7-9-17/h4-11,19-20H,2-3,12-14H2,1H3. The maximum absolute atomic E-state index is 13.4. The maximum Gasteiger partial charge on any atom is 0.257 e. The summed E-state index contributed by atoms with van der Waals surface area (Å²) >= 11 is 3.36. The zero-order chi connectivity index (χ0) is 22.0. The molecule has 0 radical (unpaired) electrons. The number of carbonyl (C=O) groups is 3. The summed E-state index contributed by atoms with van der Waals surface area (Å²) in [5.41, 5.74) is 0.927. The summed E-state index contributed by atoms with van der Waals surface area (Å²) in [6, 6.07) is 12.8. The van der Waals surface area contributed by atoms with Crippen LogP contribution in [0.1, 0.15) is 29.6 Å². The zero-order valence-corrected chi connectivity index (χ0v) is 18.7. The molecule has 8 heteroatoms. The number of ether oxygens (including phenoxy) is 2. The van der Waals surface area contributed by atoms with E-state index in [1.54, 1.807) is 55.6 Å². The highest BCUT2D eigenvalue weighted by Gasteiger charge is 2.45. The van der Waals surface area contributed by atoms with E-state index in [0.29, 0.717) is 23.6 Å². The smallest absolute Gasteiger partial charge is 0.257 e. The number of rotatable bonds is 6. The van der Waals surface area contributed by atoms with Crippen molar-refractivity contribution in [1.29, 1.82) is 0 Å². The van der Waals surface area contributed by atoms with Gasteiger partial charge in [0.2, 0.25) is 5.91 Å². The Morgan fingerprint density at radius 3 is 2.48 bits per heavy atom. The predicted molar refractivity (Wildman–Crippen MR) is 118 cm³/mol. The molecule has 0 aliphatic carbocycles. The van der Waals surface area contributed by atoms with Gasteiger partial charge >= 0.3 is 0 Å². The average Bonchev–Trinajstić information content (AvgIpc) is 3.40. The second-order valence-electron chi connectivity index (χ2n) is 7.58. The van der Waals surface area contributed by atoms with Gasteiger partial charge in [-0.2, -0.15) is 0 Å². The lowest BCUT2D eigenvalue weighted by atomic mass is 10.1. The van der Waals surface area contributed by atoms with Gasteiger partial charge in [0.15, 0.2) is 0 Å². The molecule has 2 aromatic rings. The summed E-state index contributed by atoms with van der Waals surface area (Å²) in [6.07, 6.45) is 1.53. The Labute approximate surface area is 189 Å². The van der Waals surface area contributed by atoms with Crippen molar-refractivity contribution < 1.29 is 23.9 Å². The molecular formula is C23H23BrN2O5. The van der Waals surface area contributed by atoms with Gasteiger partial charge in [-0.05, 0) is 61.4 Å². The van der Waals surface area contributed by atoms with E-state index in [-0.39, 0.29) is 30.9 Å². The molecule has 2 fully saturated rings. The maximum atomic E-state index is 13.4. The van der Waals surface area contributed by atoms with Crippen LogP contribution in [-0.2, 0) is 14.3 Å². The summed E-state index contributed by atoms with van der Waals surface area (Å²) in [5.74, 6) is -0.387. The molecule has 4 rings (SSSR count). The number of methoxy groups -OCH3 is 1. The van der Waals surface area contributed by atoms with Gasteiger partial charge in [-0.15, -0.1) is 0 Å². The number of carbonyl (C=O) groups excluding carboxylic acids is 3. The Balaban J connectivity index is 1.62. The van der Waals surface area contributed by atoms with E-state index in [1.807, 2.05) is 0 Å². The third-order valence-electron chi connectivity index (χ3n) is 5.61. The fourth-order valence-corrected chi connectivity index (χ4v) is 4.24. The Bertz CT molecular complexity index is 970. The molecule has 31 heavy (non-hydrogen) atoms. The van der Waals surface area contributed by atoms with Crippen LogP contribution < -0.4 is 9.64 Å². The monoisotopic (exact) mass is 486 g/mol. The predicted octanol–water partition coefficient (Wildman–Crippen LogP) is 3.41. The molecule has 162 valence electrons. The first kappa shape index (κ1) is 21.5. The summed E-state index contributed by atoms with van der Waals surface area (Å²) in [6.45, 7) is 0.903. The number of amides is 3. The van der Waals surface area contributed by atoms with Gasteiger partial charge in [0.25, 0.3) is 11.8 Å². The lowest BCUT2D eigenvalue weighted by Gasteiger charge is -2.30. The van der Waals surface area contributed by atoms with Gasteiger partial charge in [-0.3, -0.25) is 14.4 Å². The molecule has 0 spiro atoms. The van der Waals surface area contributed by atoms with Gasteiger partial charge in [0.1, 0.15) is 11.8 Å². The molecular weight excluding hydrogens is 464 g/mol. The van der Waals surface area contributed by atoms with E-state index in [2.05, 4.69) is 15.9 Å². The second kappa shape index (κ2) is 9.20. The van der Waals surface area contributed by atoms with Crippen LogP contribution in [0.4, 0.5) is 5.69 Å². The third-order valence-corrected chi connectivity index (χ3v) is 6.13. The minimum absolute atomic E-state index is 0.0521. The molecule has 2 saturated heterocycles. The van der Waals surface area contributed by atoms with Crippen molar-refractivity contribution in [3.63, 3.8) is 0 Å². The number of halogens is 1. The second-order valence-corrected chi connectivity index (χ2v) is 8.50. The Morgan fingerprint density at radius 2 is 1.87 bits per heavy atom. The number of hydrogen-bond donors (Lipinski definition) is 0. The van der Waals surface area contributed by atoms with E-state index in [1.165, 1.54) is 9.80 Å². The Kier molecular flexibility index (Phi) is 6.38. The molecule has 0 bridgehead atoms. The van der Waals surface area contributed by atoms with Crippen molar-refractivity contribution in [1.82, 2.24) is 4.90 Å². The van der Waals surface area contributed by atoms with Gasteiger partial charge in [-0.25, -0.2) is 4.90 Å². The fraction of sp³-hybridized carbons (Fsp3) is 0.348. The first-order chi connectivity index (χ1) is 15.0. The molecule has 2 aliphatic rings. The molecule has 0 saturated carbocycles. The summed E-state index contributed by atoms with van der Waals surface area (Å²) < 4.78 is 11.7. The van der Waals surface area contributed by atoms with Crippen LogP contribution in [0.2, 0.25) is 0 Å². The molecule has 7 nitrogen and oxygen atoms in total. The van der Waals surface area contributed by atoms with Gasteiger partial charge in [0.05, 0.1) is 25.3 Å². The van der Waals surface area contributed by atoms with Crippen LogP contribution in [-0.4, -0.2) is 55.0 Å².